The normalized spacial score (nSPS) is 21.0. The monoisotopic (exact) mass is 495 g/mol. The van der Waals surface area contributed by atoms with Crippen LogP contribution in [0.4, 0.5) is 0 Å². The first-order valence-electron chi connectivity index (χ1n) is 11.2. The van der Waals surface area contributed by atoms with E-state index in [1.807, 2.05) is 47.4 Å². The van der Waals surface area contributed by atoms with Gasteiger partial charge in [-0.15, -0.1) is 0 Å². The summed E-state index contributed by atoms with van der Waals surface area (Å²) in [6.07, 6.45) is 1.53. The van der Waals surface area contributed by atoms with Gasteiger partial charge in [-0.05, 0) is 65.8 Å². The first kappa shape index (κ1) is 22.8. The molecule has 1 fully saturated rings. The number of carboxylic acids is 1. The van der Waals surface area contributed by atoms with Crippen molar-refractivity contribution < 1.29 is 19.4 Å². The minimum absolute atomic E-state index is 0.0774. The molecule has 0 bridgehead atoms. The molecule has 3 aromatic rings. The topological polar surface area (TPSA) is 66.8 Å². The summed E-state index contributed by atoms with van der Waals surface area (Å²) in [5, 5.41) is 10.3. The van der Waals surface area contributed by atoms with Gasteiger partial charge in [-0.25, -0.2) is 4.79 Å². The highest BCUT2D eigenvalue weighted by Crippen LogP contribution is 2.51. The standard InChI is InChI=1S/C27H23Cl2NO4/c28-18-6-3-5-17(12-18)21-14-22(21)27(33)30-11-10-16-4-1-2-7-20(16)26(30)23-13-19(29)8-9-24(23)34-15-25(31)32/h1-9,12-13,21-22,26H,10-11,14-15H2,(H,31,32). The Kier molecular flexibility index (Phi) is 6.24. The van der Waals surface area contributed by atoms with Crippen LogP contribution in [0.15, 0.2) is 66.7 Å². The Balaban J connectivity index is 1.52. The number of halogens is 2. The number of benzene rings is 3. The van der Waals surface area contributed by atoms with E-state index in [2.05, 4.69) is 6.07 Å². The molecule has 1 heterocycles. The fourth-order valence-electron chi connectivity index (χ4n) is 4.93. The summed E-state index contributed by atoms with van der Waals surface area (Å²) < 4.78 is 5.62. The molecule has 34 heavy (non-hydrogen) atoms. The third-order valence-electron chi connectivity index (χ3n) is 6.57. The van der Waals surface area contributed by atoms with Crippen LogP contribution >= 0.6 is 23.2 Å². The molecule has 5 nitrogen and oxygen atoms in total. The van der Waals surface area contributed by atoms with Gasteiger partial charge in [-0.2, -0.15) is 0 Å². The van der Waals surface area contributed by atoms with Gasteiger partial charge in [-0.3, -0.25) is 4.79 Å². The maximum atomic E-state index is 13.8. The highest BCUT2D eigenvalue weighted by molar-refractivity contribution is 6.31. The van der Waals surface area contributed by atoms with Gasteiger partial charge in [0.15, 0.2) is 6.61 Å². The Bertz CT molecular complexity index is 1260. The first-order valence-corrected chi connectivity index (χ1v) is 12.0. The first-order chi connectivity index (χ1) is 16.4. The Labute approximate surface area is 207 Å². The van der Waals surface area contributed by atoms with E-state index in [1.54, 1.807) is 18.2 Å². The predicted octanol–water partition coefficient (Wildman–Crippen LogP) is 5.73. The molecule has 3 atom stereocenters. The van der Waals surface area contributed by atoms with Crippen LogP contribution < -0.4 is 4.74 Å². The maximum absolute atomic E-state index is 13.8. The molecule has 0 aromatic heterocycles. The number of ether oxygens (including phenoxy) is 1. The predicted molar refractivity (Wildman–Crippen MR) is 131 cm³/mol. The SMILES string of the molecule is O=C(O)COc1ccc(Cl)cc1C1c2ccccc2CCN1C(=O)C1CC1c1cccc(Cl)c1. The van der Waals surface area contributed by atoms with Crippen molar-refractivity contribution >= 4 is 35.1 Å². The third-order valence-corrected chi connectivity index (χ3v) is 7.04. The maximum Gasteiger partial charge on any atom is 0.341 e. The van der Waals surface area contributed by atoms with Crippen LogP contribution in [-0.2, 0) is 16.0 Å². The molecule has 1 N–H and O–H groups in total. The van der Waals surface area contributed by atoms with E-state index >= 15 is 0 Å². The number of hydrogen-bond acceptors (Lipinski definition) is 3. The summed E-state index contributed by atoms with van der Waals surface area (Å²) >= 11 is 12.5. The lowest BCUT2D eigenvalue weighted by Crippen LogP contribution is -2.41. The van der Waals surface area contributed by atoms with E-state index in [0.717, 1.165) is 29.5 Å². The molecule has 0 radical (unpaired) electrons. The van der Waals surface area contributed by atoms with Crippen molar-refractivity contribution in [1.29, 1.82) is 0 Å². The Morgan fingerprint density at radius 1 is 0.971 bits per heavy atom. The van der Waals surface area contributed by atoms with Crippen molar-refractivity contribution in [3.8, 4) is 5.75 Å². The number of carboxylic acid groups (broad SMARTS) is 1. The van der Waals surface area contributed by atoms with Gasteiger partial charge in [0.1, 0.15) is 5.75 Å². The van der Waals surface area contributed by atoms with Crippen molar-refractivity contribution in [1.82, 2.24) is 4.90 Å². The summed E-state index contributed by atoms with van der Waals surface area (Å²) in [7, 11) is 0. The van der Waals surface area contributed by atoms with Crippen molar-refractivity contribution in [2.24, 2.45) is 5.92 Å². The van der Waals surface area contributed by atoms with E-state index in [-0.39, 0.29) is 17.7 Å². The summed E-state index contributed by atoms with van der Waals surface area (Å²) in [6.45, 7) is 0.0839. The fourth-order valence-corrected chi connectivity index (χ4v) is 5.31. The summed E-state index contributed by atoms with van der Waals surface area (Å²) in [4.78, 5) is 26.9. The van der Waals surface area contributed by atoms with Crippen LogP contribution in [0.25, 0.3) is 0 Å². The zero-order chi connectivity index (χ0) is 23.8. The molecule has 3 aromatic carbocycles. The number of nitrogens with zero attached hydrogens (tertiary/aromatic N) is 1. The molecule has 1 aliphatic carbocycles. The number of amides is 1. The van der Waals surface area contributed by atoms with Gasteiger partial charge in [0, 0.05) is 28.1 Å². The van der Waals surface area contributed by atoms with Crippen molar-refractivity contribution in [2.45, 2.75) is 24.8 Å². The Morgan fingerprint density at radius 2 is 1.76 bits per heavy atom. The zero-order valence-electron chi connectivity index (χ0n) is 18.3. The summed E-state index contributed by atoms with van der Waals surface area (Å²) in [6, 6.07) is 20.4. The second-order valence-corrected chi connectivity index (χ2v) is 9.62. The summed E-state index contributed by atoms with van der Waals surface area (Å²) in [5.41, 5.74) is 3.93. The van der Waals surface area contributed by atoms with Gasteiger partial charge >= 0.3 is 5.97 Å². The van der Waals surface area contributed by atoms with Crippen LogP contribution in [0.2, 0.25) is 10.0 Å². The van der Waals surface area contributed by atoms with Gasteiger partial charge in [0.25, 0.3) is 0 Å². The lowest BCUT2D eigenvalue weighted by Gasteiger charge is -2.38. The Morgan fingerprint density at radius 3 is 2.56 bits per heavy atom. The average molecular weight is 496 g/mol. The Hall–Kier alpha value is -3.02. The number of carbonyl (C=O) groups is 2. The fraction of sp³-hybridized carbons (Fsp3) is 0.259. The van der Waals surface area contributed by atoms with Crippen LogP contribution in [0.3, 0.4) is 0 Å². The molecule has 3 unspecified atom stereocenters. The van der Waals surface area contributed by atoms with E-state index < -0.39 is 18.6 Å². The second-order valence-electron chi connectivity index (χ2n) is 8.75. The van der Waals surface area contributed by atoms with Crippen LogP contribution in [-0.4, -0.2) is 35.0 Å². The number of aliphatic carboxylic acids is 1. The molecule has 1 amide bonds. The highest BCUT2D eigenvalue weighted by Gasteiger charge is 2.48. The van der Waals surface area contributed by atoms with E-state index in [0.29, 0.717) is 27.9 Å². The zero-order valence-corrected chi connectivity index (χ0v) is 19.8. The van der Waals surface area contributed by atoms with Crippen LogP contribution in [0.1, 0.15) is 40.6 Å². The summed E-state index contributed by atoms with van der Waals surface area (Å²) in [5.74, 6) is -0.553. The molecular formula is C27H23Cl2NO4. The molecule has 1 aliphatic heterocycles. The van der Waals surface area contributed by atoms with E-state index in [9.17, 15) is 9.59 Å². The number of fused-ring (bicyclic) bond motifs is 1. The molecule has 5 rings (SSSR count). The minimum atomic E-state index is -1.07. The molecule has 0 saturated heterocycles. The molecule has 2 aliphatic rings. The smallest absolute Gasteiger partial charge is 0.341 e. The largest absolute Gasteiger partial charge is 0.482 e. The van der Waals surface area contributed by atoms with Crippen LogP contribution in [0.5, 0.6) is 5.75 Å². The molecule has 7 heteroatoms. The number of hydrogen-bond donors (Lipinski definition) is 1. The lowest BCUT2D eigenvalue weighted by atomic mass is 9.87. The van der Waals surface area contributed by atoms with Crippen molar-refractivity contribution in [3.05, 3.63) is 99.0 Å². The lowest BCUT2D eigenvalue weighted by molar-refractivity contribution is -0.139. The van der Waals surface area contributed by atoms with Gasteiger partial charge in [0.2, 0.25) is 5.91 Å². The van der Waals surface area contributed by atoms with Crippen LogP contribution in [0, 0.1) is 5.92 Å². The van der Waals surface area contributed by atoms with Crippen molar-refractivity contribution in [3.63, 3.8) is 0 Å². The average Bonchev–Trinajstić information content (AvgIpc) is 3.63. The van der Waals surface area contributed by atoms with Gasteiger partial charge < -0.3 is 14.7 Å². The number of rotatable bonds is 6. The molecule has 1 saturated carbocycles. The molecule has 174 valence electrons. The van der Waals surface area contributed by atoms with Gasteiger partial charge in [0.05, 0.1) is 6.04 Å². The molecular weight excluding hydrogens is 473 g/mol. The quantitative estimate of drug-likeness (QED) is 0.473. The number of carbonyl (C=O) groups excluding carboxylic acids is 1. The third kappa shape index (κ3) is 4.50. The highest BCUT2D eigenvalue weighted by atomic mass is 35.5. The van der Waals surface area contributed by atoms with Gasteiger partial charge in [-0.1, -0.05) is 59.6 Å². The van der Waals surface area contributed by atoms with E-state index in [1.165, 1.54) is 0 Å². The molecule has 0 spiro atoms. The van der Waals surface area contributed by atoms with E-state index in [4.69, 9.17) is 33.0 Å². The second kappa shape index (κ2) is 9.32. The van der Waals surface area contributed by atoms with Crippen molar-refractivity contribution in [2.75, 3.05) is 13.2 Å². The minimum Gasteiger partial charge on any atom is -0.482 e.